The van der Waals surface area contributed by atoms with Crippen molar-refractivity contribution in [1.82, 2.24) is 4.57 Å². The number of carboxylic acids is 1. The SMILES string of the molecule is CC(C)[C@H](C(=O)O)n1ccc2c(N=O)cccc2c1=O. The summed E-state index contributed by atoms with van der Waals surface area (Å²) in [5.41, 5.74) is -0.266. The first-order valence-electron chi connectivity index (χ1n) is 6.17. The van der Waals surface area contributed by atoms with Gasteiger partial charge in [0, 0.05) is 17.0 Å². The number of nitroso groups, excluding NO2 is 1. The zero-order valence-corrected chi connectivity index (χ0v) is 11.1. The fraction of sp³-hybridized carbons (Fsp3) is 0.286. The molecule has 0 unspecified atom stereocenters. The number of hydrogen-bond donors (Lipinski definition) is 1. The van der Waals surface area contributed by atoms with Gasteiger partial charge >= 0.3 is 5.97 Å². The molecule has 0 fully saturated rings. The van der Waals surface area contributed by atoms with Gasteiger partial charge in [-0.25, -0.2) is 4.79 Å². The van der Waals surface area contributed by atoms with Crippen LogP contribution in [-0.2, 0) is 4.79 Å². The number of benzene rings is 1. The Bertz CT molecular complexity index is 734. The molecule has 104 valence electrons. The molecule has 0 aliphatic carbocycles. The van der Waals surface area contributed by atoms with Crippen molar-refractivity contribution in [3.05, 3.63) is 45.7 Å². The van der Waals surface area contributed by atoms with Crippen LogP contribution in [0.4, 0.5) is 5.69 Å². The number of pyridine rings is 1. The molecule has 0 aliphatic rings. The van der Waals surface area contributed by atoms with Gasteiger partial charge in [0.25, 0.3) is 5.56 Å². The Balaban J connectivity index is 2.75. The molecular formula is C14H14N2O4. The fourth-order valence-corrected chi connectivity index (χ4v) is 2.30. The maximum absolute atomic E-state index is 12.4. The van der Waals surface area contributed by atoms with Crippen LogP contribution in [0.1, 0.15) is 19.9 Å². The second-order valence-electron chi connectivity index (χ2n) is 4.88. The van der Waals surface area contributed by atoms with E-state index >= 15 is 0 Å². The van der Waals surface area contributed by atoms with Crippen LogP contribution in [0.3, 0.4) is 0 Å². The Morgan fingerprint density at radius 3 is 2.50 bits per heavy atom. The van der Waals surface area contributed by atoms with Crippen molar-refractivity contribution in [2.24, 2.45) is 11.1 Å². The summed E-state index contributed by atoms with van der Waals surface area (Å²) >= 11 is 0. The molecule has 0 amide bonds. The molecule has 0 aliphatic heterocycles. The predicted octanol–water partition coefficient (Wildman–Crippen LogP) is 2.68. The molecule has 20 heavy (non-hydrogen) atoms. The molecule has 0 spiro atoms. The molecule has 0 bridgehead atoms. The number of fused-ring (bicyclic) bond motifs is 1. The summed E-state index contributed by atoms with van der Waals surface area (Å²) in [6.45, 7) is 3.47. The van der Waals surface area contributed by atoms with Crippen LogP contribution in [0.25, 0.3) is 10.8 Å². The third-order valence-electron chi connectivity index (χ3n) is 3.23. The van der Waals surface area contributed by atoms with E-state index in [1.807, 2.05) is 0 Å². The molecule has 2 aromatic rings. The van der Waals surface area contributed by atoms with Crippen molar-refractivity contribution in [2.75, 3.05) is 0 Å². The Kier molecular flexibility index (Phi) is 3.65. The molecule has 0 saturated carbocycles. The average molecular weight is 274 g/mol. The van der Waals surface area contributed by atoms with Crippen LogP contribution in [0.2, 0.25) is 0 Å². The third kappa shape index (κ3) is 2.20. The molecule has 2 rings (SSSR count). The van der Waals surface area contributed by atoms with Crippen molar-refractivity contribution in [1.29, 1.82) is 0 Å². The lowest BCUT2D eigenvalue weighted by Gasteiger charge is -2.19. The molecule has 0 saturated heterocycles. The molecular weight excluding hydrogens is 260 g/mol. The number of aliphatic carboxylic acids is 1. The lowest BCUT2D eigenvalue weighted by atomic mass is 10.0. The van der Waals surface area contributed by atoms with Crippen molar-refractivity contribution in [3.8, 4) is 0 Å². The lowest BCUT2D eigenvalue weighted by molar-refractivity contribution is -0.142. The van der Waals surface area contributed by atoms with Crippen LogP contribution in [0, 0.1) is 10.8 Å². The second-order valence-corrected chi connectivity index (χ2v) is 4.88. The van der Waals surface area contributed by atoms with Crippen molar-refractivity contribution >= 4 is 22.4 Å². The quantitative estimate of drug-likeness (QED) is 0.868. The molecule has 0 radical (unpaired) electrons. The zero-order chi connectivity index (χ0) is 14.9. The van der Waals surface area contributed by atoms with Crippen LogP contribution >= 0.6 is 0 Å². The molecule has 1 N–H and O–H groups in total. The van der Waals surface area contributed by atoms with Gasteiger partial charge < -0.3 is 9.67 Å². The molecule has 6 heteroatoms. The molecule has 1 atom stereocenters. The number of carbonyl (C=O) groups is 1. The van der Waals surface area contributed by atoms with Crippen molar-refractivity contribution < 1.29 is 9.90 Å². The van der Waals surface area contributed by atoms with Gasteiger partial charge in [-0.2, -0.15) is 0 Å². The van der Waals surface area contributed by atoms with Gasteiger partial charge in [-0.15, -0.1) is 4.91 Å². The predicted molar refractivity (Wildman–Crippen MR) is 75.2 cm³/mol. The van der Waals surface area contributed by atoms with Crippen molar-refractivity contribution in [2.45, 2.75) is 19.9 Å². The Morgan fingerprint density at radius 2 is 1.95 bits per heavy atom. The van der Waals surface area contributed by atoms with Crippen LogP contribution in [-0.4, -0.2) is 15.6 Å². The smallest absolute Gasteiger partial charge is 0.327 e. The number of carboxylic acid groups (broad SMARTS) is 1. The minimum absolute atomic E-state index is 0.170. The summed E-state index contributed by atoms with van der Waals surface area (Å²) in [6.07, 6.45) is 1.40. The first-order chi connectivity index (χ1) is 9.47. The Hall–Kier alpha value is -2.50. The summed E-state index contributed by atoms with van der Waals surface area (Å²) in [5, 5.41) is 12.9. The van der Waals surface area contributed by atoms with Crippen LogP contribution < -0.4 is 5.56 Å². The lowest BCUT2D eigenvalue weighted by Crippen LogP contribution is -2.32. The highest BCUT2D eigenvalue weighted by molar-refractivity contribution is 5.91. The van der Waals surface area contributed by atoms with Gasteiger partial charge in [-0.1, -0.05) is 19.9 Å². The van der Waals surface area contributed by atoms with Crippen LogP contribution in [0.5, 0.6) is 0 Å². The normalized spacial score (nSPS) is 12.6. The first-order valence-corrected chi connectivity index (χ1v) is 6.17. The van der Waals surface area contributed by atoms with Crippen LogP contribution in [0.15, 0.2) is 40.4 Å². The van der Waals surface area contributed by atoms with E-state index < -0.39 is 17.6 Å². The highest BCUT2D eigenvalue weighted by Gasteiger charge is 2.25. The third-order valence-corrected chi connectivity index (χ3v) is 3.23. The summed E-state index contributed by atoms with van der Waals surface area (Å²) in [6, 6.07) is 5.22. The molecule has 6 nitrogen and oxygen atoms in total. The Morgan fingerprint density at radius 1 is 1.25 bits per heavy atom. The summed E-state index contributed by atoms with van der Waals surface area (Å²) in [7, 11) is 0. The van der Waals surface area contributed by atoms with Crippen molar-refractivity contribution in [3.63, 3.8) is 0 Å². The Labute approximate surface area is 114 Å². The van der Waals surface area contributed by atoms with E-state index in [0.717, 1.165) is 0 Å². The highest BCUT2D eigenvalue weighted by Crippen LogP contribution is 2.24. The standard InChI is InChI=1S/C14H14N2O4/c1-8(2)12(14(18)19)16-7-6-9-10(13(16)17)4-3-5-11(9)15-20/h3-8,12H,1-2H3,(H,18,19)/t12-/m1/s1. The average Bonchev–Trinajstić information content (AvgIpc) is 2.40. The number of rotatable bonds is 4. The monoisotopic (exact) mass is 274 g/mol. The minimum atomic E-state index is -1.06. The van der Waals surface area contributed by atoms with E-state index in [1.165, 1.54) is 16.8 Å². The zero-order valence-electron chi connectivity index (χ0n) is 11.1. The highest BCUT2D eigenvalue weighted by atomic mass is 16.4. The number of aromatic nitrogens is 1. The van der Waals surface area contributed by atoms with E-state index in [2.05, 4.69) is 5.18 Å². The van der Waals surface area contributed by atoms with E-state index in [-0.39, 0.29) is 17.0 Å². The minimum Gasteiger partial charge on any atom is -0.480 e. The van der Waals surface area contributed by atoms with E-state index in [4.69, 9.17) is 0 Å². The topological polar surface area (TPSA) is 88.7 Å². The van der Waals surface area contributed by atoms with Gasteiger partial charge in [-0.05, 0) is 29.3 Å². The fourth-order valence-electron chi connectivity index (χ4n) is 2.30. The number of nitrogens with zero attached hydrogens (tertiary/aromatic N) is 2. The second kappa shape index (κ2) is 5.24. The molecule has 1 aromatic heterocycles. The first kappa shape index (κ1) is 13.9. The number of hydrogen-bond acceptors (Lipinski definition) is 4. The molecule has 1 heterocycles. The largest absolute Gasteiger partial charge is 0.480 e. The van der Waals surface area contributed by atoms with Gasteiger partial charge in [0.2, 0.25) is 0 Å². The summed E-state index contributed by atoms with van der Waals surface area (Å²) < 4.78 is 1.18. The maximum atomic E-state index is 12.4. The molecule has 1 aromatic carbocycles. The van der Waals surface area contributed by atoms with E-state index in [0.29, 0.717) is 5.39 Å². The summed E-state index contributed by atoms with van der Waals surface area (Å²) in [4.78, 5) is 34.4. The van der Waals surface area contributed by atoms with Gasteiger partial charge in [0.05, 0.1) is 0 Å². The maximum Gasteiger partial charge on any atom is 0.327 e. The van der Waals surface area contributed by atoms with E-state index in [1.54, 1.807) is 32.0 Å². The van der Waals surface area contributed by atoms with Gasteiger partial charge in [0.15, 0.2) is 0 Å². The summed E-state index contributed by atoms with van der Waals surface area (Å²) in [5.74, 6) is -1.30. The van der Waals surface area contributed by atoms with Gasteiger partial charge in [0.1, 0.15) is 11.7 Å². The van der Waals surface area contributed by atoms with Gasteiger partial charge in [-0.3, -0.25) is 4.79 Å². The van der Waals surface area contributed by atoms with E-state index in [9.17, 15) is 19.6 Å².